The standard InChI is InChI=1S/C46H35NO10/c48-43(34-7-3-1-4-8-34)45(50)36-16-22-39(23-17-36)54-27-28-56-41-26-15-33(14-11-32-12-20-38(21-13-32)47(52)53)42(31-41)57-30-29-55-40-24-18-37(19-25-40)46(51)44(49)35-9-5-2-6-10-35/h1-26,31H,27-30H2/b14-11+. The maximum Gasteiger partial charge on any atom is 0.269 e. The predicted octanol–water partition coefficient (Wildman–Crippen LogP) is 8.81. The average Bonchev–Trinajstić information content (AvgIpc) is 3.26. The Morgan fingerprint density at radius 1 is 0.456 bits per heavy atom. The molecule has 0 N–H and O–H groups in total. The van der Waals surface area contributed by atoms with Gasteiger partial charge in [-0.3, -0.25) is 29.3 Å². The lowest BCUT2D eigenvalue weighted by Crippen LogP contribution is -2.14. The minimum absolute atomic E-state index is 0.00833. The fourth-order valence-corrected chi connectivity index (χ4v) is 5.50. The highest BCUT2D eigenvalue weighted by molar-refractivity contribution is 6.49. The maximum absolute atomic E-state index is 12.7. The van der Waals surface area contributed by atoms with Crippen LogP contribution in [0.15, 0.2) is 152 Å². The molecule has 0 unspecified atom stereocenters. The van der Waals surface area contributed by atoms with E-state index in [4.69, 9.17) is 18.9 Å². The molecule has 284 valence electrons. The normalized spacial score (nSPS) is 10.7. The molecule has 57 heavy (non-hydrogen) atoms. The molecule has 0 saturated carbocycles. The number of non-ortho nitro benzene ring substituents is 1. The van der Waals surface area contributed by atoms with Crippen molar-refractivity contribution in [3.63, 3.8) is 0 Å². The summed E-state index contributed by atoms with van der Waals surface area (Å²) in [6.07, 6.45) is 3.62. The lowest BCUT2D eigenvalue weighted by Gasteiger charge is -2.14. The quantitative estimate of drug-likeness (QED) is 0.0196. The third kappa shape index (κ3) is 10.7. The lowest BCUT2D eigenvalue weighted by molar-refractivity contribution is -0.384. The molecular formula is C46H35NO10. The van der Waals surface area contributed by atoms with Crippen LogP contribution in [-0.2, 0) is 0 Å². The van der Waals surface area contributed by atoms with Crippen LogP contribution in [0.4, 0.5) is 5.69 Å². The molecule has 0 amide bonds. The van der Waals surface area contributed by atoms with Crippen molar-refractivity contribution in [2.24, 2.45) is 0 Å². The van der Waals surface area contributed by atoms with Crippen LogP contribution in [0.1, 0.15) is 52.6 Å². The van der Waals surface area contributed by atoms with Gasteiger partial charge in [0.25, 0.3) is 5.69 Å². The van der Waals surface area contributed by atoms with E-state index in [1.807, 2.05) is 12.1 Å². The number of hydrogen-bond donors (Lipinski definition) is 0. The number of ketones is 4. The van der Waals surface area contributed by atoms with Crippen molar-refractivity contribution in [3.05, 3.63) is 195 Å². The van der Waals surface area contributed by atoms with Crippen molar-refractivity contribution in [2.75, 3.05) is 26.4 Å². The Kier molecular flexibility index (Phi) is 13.1. The van der Waals surface area contributed by atoms with Gasteiger partial charge in [0.1, 0.15) is 49.4 Å². The molecule has 0 fully saturated rings. The molecule has 6 aromatic rings. The summed E-state index contributed by atoms with van der Waals surface area (Å²) >= 11 is 0. The summed E-state index contributed by atoms with van der Waals surface area (Å²) in [5.74, 6) is -0.410. The van der Waals surface area contributed by atoms with Crippen LogP contribution in [0, 0.1) is 10.1 Å². The summed E-state index contributed by atoms with van der Waals surface area (Å²) in [7, 11) is 0. The Balaban J connectivity index is 1.04. The van der Waals surface area contributed by atoms with E-state index in [2.05, 4.69) is 0 Å². The van der Waals surface area contributed by atoms with Crippen molar-refractivity contribution in [2.45, 2.75) is 0 Å². The number of carbonyl (C=O) groups excluding carboxylic acids is 4. The second kappa shape index (κ2) is 19.1. The molecule has 0 heterocycles. The van der Waals surface area contributed by atoms with Crippen LogP contribution in [0.3, 0.4) is 0 Å². The summed E-state index contributed by atoms with van der Waals surface area (Å²) < 4.78 is 23.7. The van der Waals surface area contributed by atoms with Crippen LogP contribution < -0.4 is 18.9 Å². The Hall–Kier alpha value is -7.66. The van der Waals surface area contributed by atoms with E-state index in [-0.39, 0.29) is 43.2 Å². The molecule has 0 spiro atoms. The number of nitro groups is 1. The minimum atomic E-state index is -0.612. The number of hydrogen-bond acceptors (Lipinski definition) is 10. The van der Waals surface area contributed by atoms with E-state index in [0.717, 1.165) is 5.56 Å². The van der Waals surface area contributed by atoms with Gasteiger partial charge >= 0.3 is 0 Å². The molecule has 0 saturated heterocycles. The van der Waals surface area contributed by atoms with Crippen LogP contribution in [0.2, 0.25) is 0 Å². The average molecular weight is 762 g/mol. The maximum atomic E-state index is 12.7. The molecule has 11 heteroatoms. The molecule has 0 aliphatic carbocycles. The monoisotopic (exact) mass is 761 g/mol. The fourth-order valence-electron chi connectivity index (χ4n) is 5.50. The lowest BCUT2D eigenvalue weighted by atomic mass is 10.0. The van der Waals surface area contributed by atoms with Gasteiger partial charge in [-0.1, -0.05) is 72.8 Å². The molecule has 0 aliphatic heterocycles. The summed E-state index contributed by atoms with van der Waals surface area (Å²) in [5, 5.41) is 11.1. The Bertz CT molecular complexity index is 2370. The molecule has 0 atom stereocenters. The number of carbonyl (C=O) groups is 4. The van der Waals surface area contributed by atoms with Gasteiger partial charge in [-0.05, 0) is 78.4 Å². The summed E-state index contributed by atoms with van der Waals surface area (Å²) in [5.41, 5.74) is 2.61. The first kappa shape index (κ1) is 39.0. The van der Waals surface area contributed by atoms with Crippen molar-refractivity contribution in [1.82, 2.24) is 0 Å². The molecule has 11 nitrogen and oxygen atoms in total. The van der Waals surface area contributed by atoms with Crippen molar-refractivity contribution < 1.29 is 43.0 Å². The minimum Gasteiger partial charge on any atom is -0.490 e. The number of benzene rings is 6. The number of nitro benzene ring substituents is 1. The fraction of sp³-hybridized carbons (Fsp3) is 0.0870. The second-order valence-electron chi connectivity index (χ2n) is 12.4. The SMILES string of the molecule is O=C(C(=O)c1ccc(OCCOc2ccc(/C=C/c3ccc([N+](=O)[O-])cc3)c(OCCOc3ccc(C(=O)C(=O)c4ccccc4)cc3)c2)cc1)c1ccccc1. The van der Waals surface area contributed by atoms with Crippen LogP contribution in [-0.4, -0.2) is 54.5 Å². The summed E-state index contributed by atoms with van der Waals surface area (Å²) in [6.45, 7) is 0.676. The van der Waals surface area contributed by atoms with Crippen molar-refractivity contribution >= 4 is 41.0 Å². The summed E-state index contributed by atoms with van der Waals surface area (Å²) in [4.78, 5) is 61.0. The molecule has 0 aromatic heterocycles. The van der Waals surface area contributed by atoms with Gasteiger partial charge in [0.2, 0.25) is 23.1 Å². The highest BCUT2D eigenvalue weighted by atomic mass is 16.6. The molecular weight excluding hydrogens is 727 g/mol. The molecule has 0 radical (unpaired) electrons. The smallest absolute Gasteiger partial charge is 0.269 e. The predicted molar refractivity (Wildman–Crippen MR) is 214 cm³/mol. The summed E-state index contributed by atoms with van der Waals surface area (Å²) in [6, 6.07) is 40.8. The van der Waals surface area contributed by atoms with Gasteiger partial charge in [-0.25, -0.2) is 0 Å². The third-order valence-corrected chi connectivity index (χ3v) is 8.49. The first-order valence-corrected chi connectivity index (χ1v) is 17.8. The number of Topliss-reactive ketones (excluding diaryl/α,β-unsaturated/α-hetero) is 4. The van der Waals surface area contributed by atoms with E-state index in [9.17, 15) is 29.3 Å². The largest absolute Gasteiger partial charge is 0.490 e. The van der Waals surface area contributed by atoms with Crippen molar-refractivity contribution in [3.8, 4) is 23.0 Å². The zero-order valence-electron chi connectivity index (χ0n) is 30.4. The Labute approximate surface area is 327 Å². The van der Waals surface area contributed by atoms with E-state index in [1.54, 1.807) is 127 Å². The van der Waals surface area contributed by atoms with Gasteiger partial charge in [0, 0.05) is 46.0 Å². The Morgan fingerprint density at radius 3 is 1.32 bits per heavy atom. The van der Waals surface area contributed by atoms with Gasteiger partial charge in [-0.2, -0.15) is 0 Å². The van der Waals surface area contributed by atoms with Gasteiger partial charge in [0.05, 0.1) is 4.92 Å². The van der Waals surface area contributed by atoms with E-state index in [0.29, 0.717) is 39.7 Å². The zero-order valence-corrected chi connectivity index (χ0v) is 30.4. The molecule has 0 bridgehead atoms. The van der Waals surface area contributed by atoms with E-state index >= 15 is 0 Å². The van der Waals surface area contributed by atoms with E-state index in [1.165, 1.54) is 24.3 Å². The number of rotatable bonds is 19. The molecule has 0 aliphatic rings. The van der Waals surface area contributed by atoms with E-state index < -0.39 is 28.1 Å². The zero-order chi connectivity index (χ0) is 40.0. The second-order valence-corrected chi connectivity index (χ2v) is 12.4. The van der Waals surface area contributed by atoms with Crippen LogP contribution in [0.25, 0.3) is 12.2 Å². The topological polar surface area (TPSA) is 148 Å². The van der Waals surface area contributed by atoms with Gasteiger partial charge in [0.15, 0.2) is 0 Å². The third-order valence-electron chi connectivity index (χ3n) is 8.49. The number of nitrogens with zero attached hydrogens (tertiary/aromatic N) is 1. The highest BCUT2D eigenvalue weighted by Crippen LogP contribution is 2.28. The molecule has 6 rings (SSSR count). The first-order valence-electron chi connectivity index (χ1n) is 17.8. The van der Waals surface area contributed by atoms with Gasteiger partial charge in [-0.15, -0.1) is 0 Å². The van der Waals surface area contributed by atoms with Gasteiger partial charge < -0.3 is 18.9 Å². The van der Waals surface area contributed by atoms with Crippen LogP contribution in [0.5, 0.6) is 23.0 Å². The molecule has 6 aromatic carbocycles. The van der Waals surface area contributed by atoms with Crippen molar-refractivity contribution in [1.29, 1.82) is 0 Å². The first-order chi connectivity index (χ1) is 27.7. The highest BCUT2D eigenvalue weighted by Gasteiger charge is 2.19. The van der Waals surface area contributed by atoms with Crippen LogP contribution >= 0.6 is 0 Å². The number of ether oxygens (including phenoxy) is 4. The Morgan fingerprint density at radius 2 is 0.860 bits per heavy atom.